The molecule has 3 aromatic carbocycles. The Labute approximate surface area is 197 Å². The zero-order valence-corrected chi connectivity index (χ0v) is 19.4. The van der Waals surface area contributed by atoms with Gasteiger partial charge in [0.05, 0.1) is 24.6 Å². The van der Waals surface area contributed by atoms with Crippen LogP contribution in [-0.4, -0.2) is 27.4 Å². The monoisotopic (exact) mass is 486 g/mol. The molecule has 0 aliphatic rings. The van der Waals surface area contributed by atoms with Gasteiger partial charge in [0, 0.05) is 12.1 Å². The normalized spacial score (nSPS) is 12.1. The van der Waals surface area contributed by atoms with E-state index in [2.05, 4.69) is 10.0 Å². The predicted molar refractivity (Wildman–Crippen MR) is 125 cm³/mol. The van der Waals surface area contributed by atoms with E-state index in [0.29, 0.717) is 5.56 Å². The molecule has 7 nitrogen and oxygen atoms in total. The van der Waals surface area contributed by atoms with Crippen LogP contribution in [0.25, 0.3) is 0 Å². The molecular formula is C24H23ClN2O5S. The van der Waals surface area contributed by atoms with Crippen molar-refractivity contribution in [3.8, 4) is 0 Å². The molecule has 0 saturated heterocycles. The van der Waals surface area contributed by atoms with Gasteiger partial charge in [0.15, 0.2) is 0 Å². The van der Waals surface area contributed by atoms with E-state index in [4.69, 9.17) is 16.3 Å². The predicted octanol–water partition coefficient (Wildman–Crippen LogP) is 3.85. The van der Waals surface area contributed by atoms with E-state index in [0.717, 1.165) is 5.56 Å². The van der Waals surface area contributed by atoms with Crippen LogP contribution in [0.1, 0.15) is 33.9 Å². The maximum absolute atomic E-state index is 12.9. The number of benzene rings is 3. The molecule has 0 aromatic heterocycles. The lowest BCUT2D eigenvalue weighted by atomic mass is 10.0. The minimum Gasteiger partial charge on any atom is -0.469 e. The Morgan fingerprint density at radius 3 is 2.24 bits per heavy atom. The van der Waals surface area contributed by atoms with Crippen molar-refractivity contribution in [3.05, 3.63) is 101 Å². The highest BCUT2D eigenvalue weighted by Crippen LogP contribution is 2.24. The van der Waals surface area contributed by atoms with Crippen LogP contribution in [0.3, 0.4) is 0 Å². The number of ether oxygens (including phenoxy) is 1. The van der Waals surface area contributed by atoms with Crippen molar-refractivity contribution in [2.45, 2.75) is 23.9 Å². The Morgan fingerprint density at radius 1 is 0.970 bits per heavy atom. The number of methoxy groups -OCH3 is 1. The first kappa shape index (κ1) is 24.4. The standard InChI is InChI=1S/C24H23ClN2O5S/c1-32-23(28)15-21(18-10-6-3-7-11-18)27-24(29)19-12-13-20(25)22(14-19)33(30,31)26-16-17-8-4-2-5-9-17/h2-14,21,26H,15-16H2,1H3,(H,27,29). The number of carbonyl (C=O) groups is 2. The molecule has 0 aliphatic heterocycles. The number of rotatable bonds is 9. The fourth-order valence-electron chi connectivity index (χ4n) is 3.13. The fourth-order valence-corrected chi connectivity index (χ4v) is 4.67. The van der Waals surface area contributed by atoms with Crippen molar-refractivity contribution in [1.82, 2.24) is 10.0 Å². The SMILES string of the molecule is COC(=O)CC(NC(=O)c1ccc(Cl)c(S(=O)(=O)NCc2ccccc2)c1)c1ccccc1. The first-order valence-corrected chi connectivity index (χ1v) is 11.9. The molecule has 1 atom stereocenters. The van der Waals surface area contributed by atoms with E-state index in [9.17, 15) is 18.0 Å². The highest BCUT2D eigenvalue weighted by atomic mass is 35.5. The number of hydrogen-bond donors (Lipinski definition) is 2. The zero-order chi connectivity index (χ0) is 23.8. The van der Waals surface area contributed by atoms with Gasteiger partial charge in [-0.25, -0.2) is 13.1 Å². The third-order valence-corrected chi connectivity index (χ3v) is 6.78. The number of hydrogen-bond acceptors (Lipinski definition) is 5. The number of nitrogens with one attached hydrogen (secondary N) is 2. The number of amides is 1. The Balaban J connectivity index is 1.82. The minimum atomic E-state index is -3.98. The molecule has 1 amide bonds. The quantitative estimate of drug-likeness (QED) is 0.447. The molecule has 3 aromatic rings. The third-order valence-electron chi connectivity index (χ3n) is 4.90. The molecule has 1 unspecified atom stereocenters. The average molecular weight is 487 g/mol. The summed E-state index contributed by atoms with van der Waals surface area (Å²) in [6, 6.07) is 21.3. The largest absolute Gasteiger partial charge is 0.469 e. The Hall–Kier alpha value is -3.20. The van der Waals surface area contributed by atoms with Crippen molar-refractivity contribution in [2.75, 3.05) is 7.11 Å². The molecule has 0 aliphatic carbocycles. The van der Waals surface area contributed by atoms with Gasteiger partial charge in [-0.05, 0) is 29.3 Å². The molecule has 3 rings (SSSR count). The molecule has 0 saturated carbocycles. The number of carbonyl (C=O) groups excluding carboxylic acids is 2. The summed E-state index contributed by atoms with van der Waals surface area (Å²) in [5, 5.41) is 2.76. The van der Waals surface area contributed by atoms with Crippen LogP contribution in [0.5, 0.6) is 0 Å². The van der Waals surface area contributed by atoms with Crippen LogP contribution in [0.4, 0.5) is 0 Å². The molecule has 0 bridgehead atoms. The van der Waals surface area contributed by atoms with Gasteiger partial charge in [-0.15, -0.1) is 0 Å². The van der Waals surface area contributed by atoms with Crippen LogP contribution in [0.15, 0.2) is 83.8 Å². The van der Waals surface area contributed by atoms with Gasteiger partial charge in [-0.1, -0.05) is 72.3 Å². The summed E-state index contributed by atoms with van der Waals surface area (Å²) in [6.07, 6.45) is -0.0797. The minimum absolute atomic E-state index is 0.0127. The van der Waals surface area contributed by atoms with E-state index < -0.39 is 27.9 Å². The summed E-state index contributed by atoms with van der Waals surface area (Å²) in [7, 11) is -2.72. The molecule has 2 N–H and O–H groups in total. The van der Waals surface area contributed by atoms with Gasteiger partial charge >= 0.3 is 5.97 Å². The smallest absolute Gasteiger partial charge is 0.307 e. The molecule has 33 heavy (non-hydrogen) atoms. The highest BCUT2D eigenvalue weighted by molar-refractivity contribution is 7.89. The summed E-state index contributed by atoms with van der Waals surface area (Å²) in [5.41, 5.74) is 1.58. The average Bonchev–Trinajstić information content (AvgIpc) is 2.83. The van der Waals surface area contributed by atoms with Crippen molar-refractivity contribution >= 4 is 33.5 Å². The van der Waals surface area contributed by atoms with Crippen LogP contribution >= 0.6 is 11.6 Å². The van der Waals surface area contributed by atoms with Crippen LogP contribution in [0, 0.1) is 0 Å². The van der Waals surface area contributed by atoms with E-state index in [1.165, 1.54) is 25.3 Å². The van der Waals surface area contributed by atoms with Gasteiger partial charge in [-0.2, -0.15) is 0 Å². The van der Waals surface area contributed by atoms with Gasteiger partial charge in [0.2, 0.25) is 10.0 Å². The topological polar surface area (TPSA) is 102 Å². The second-order valence-corrected chi connectivity index (χ2v) is 9.31. The fraction of sp³-hybridized carbons (Fsp3) is 0.167. The Bertz CT molecular complexity index is 1220. The molecule has 172 valence electrons. The lowest BCUT2D eigenvalue weighted by molar-refractivity contribution is -0.141. The number of esters is 1. The molecule has 9 heteroatoms. The summed E-state index contributed by atoms with van der Waals surface area (Å²) < 4.78 is 32.9. The number of halogens is 1. The summed E-state index contributed by atoms with van der Waals surface area (Å²) in [4.78, 5) is 24.6. The maximum Gasteiger partial charge on any atom is 0.307 e. The van der Waals surface area contributed by atoms with Gasteiger partial charge < -0.3 is 10.1 Å². The van der Waals surface area contributed by atoms with E-state index in [1.54, 1.807) is 48.5 Å². The summed E-state index contributed by atoms with van der Waals surface area (Å²) >= 11 is 6.14. The molecule has 0 fully saturated rings. The second kappa shape index (κ2) is 11.1. The van der Waals surface area contributed by atoms with Crippen molar-refractivity contribution in [2.24, 2.45) is 0 Å². The zero-order valence-electron chi connectivity index (χ0n) is 17.8. The van der Waals surface area contributed by atoms with Crippen LogP contribution in [-0.2, 0) is 26.1 Å². The lowest BCUT2D eigenvalue weighted by Crippen LogP contribution is -2.31. The van der Waals surface area contributed by atoms with E-state index in [1.807, 2.05) is 12.1 Å². The Kier molecular flexibility index (Phi) is 8.21. The summed E-state index contributed by atoms with van der Waals surface area (Å²) in [6.45, 7) is 0.0745. The molecule has 0 spiro atoms. The molecule has 0 heterocycles. The van der Waals surface area contributed by atoms with E-state index >= 15 is 0 Å². The highest BCUT2D eigenvalue weighted by Gasteiger charge is 2.23. The van der Waals surface area contributed by atoms with Crippen molar-refractivity contribution in [1.29, 1.82) is 0 Å². The van der Waals surface area contributed by atoms with Gasteiger partial charge in [0.25, 0.3) is 5.91 Å². The van der Waals surface area contributed by atoms with E-state index in [-0.39, 0.29) is 28.4 Å². The van der Waals surface area contributed by atoms with Gasteiger partial charge in [0.1, 0.15) is 4.90 Å². The maximum atomic E-state index is 12.9. The van der Waals surface area contributed by atoms with Crippen molar-refractivity contribution in [3.63, 3.8) is 0 Å². The van der Waals surface area contributed by atoms with Gasteiger partial charge in [-0.3, -0.25) is 9.59 Å². The summed E-state index contributed by atoms with van der Waals surface area (Å²) in [5.74, 6) is -1.04. The third kappa shape index (κ3) is 6.64. The van der Waals surface area contributed by atoms with Crippen molar-refractivity contribution < 1.29 is 22.7 Å². The first-order valence-electron chi connectivity index (χ1n) is 10.1. The second-order valence-electron chi connectivity index (χ2n) is 7.17. The Morgan fingerprint density at radius 2 is 1.61 bits per heavy atom. The van der Waals surface area contributed by atoms with Crippen LogP contribution in [0.2, 0.25) is 5.02 Å². The first-order chi connectivity index (χ1) is 15.8. The molecular weight excluding hydrogens is 464 g/mol. The lowest BCUT2D eigenvalue weighted by Gasteiger charge is -2.18. The molecule has 0 radical (unpaired) electrons. The number of sulfonamides is 1. The van der Waals surface area contributed by atoms with Crippen LogP contribution < -0.4 is 10.0 Å².